The van der Waals surface area contributed by atoms with Gasteiger partial charge in [-0.05, 0) is 65.0 Å². The molecule has 31 heavy (non-hydrogen) atoms. The molecule has 3 heteroatoms. The second-order valence-corrected chi connectivity index (χ2v) is 7.58. The summed E-state index contributed by atoms with van der Waals surface area (Å²) in [5.41, 5.74) is 8.39. The first kappa shape index (κ1) is 20.3. The van der Waals surface area contributed by atoms with E-state index in [0.29, 0.717) is 12.1 Å². The molecule has 1 amide bonds. The molecule has 3 aromatic carbocycles. The summed E-state index contributed by atoms with van der Waals surface area (Å²) in [5, 5.41) is 2.79. The number of carbonyl (C=O) groups excluding carboxylic acids is 2. The third kappa shape index (κ3) is 4.31. The maximum atomic E-state index is 12.2. The molecular formula is C28H23NO2. The Labute approximate surface area is 182 Å². The number of rotatable bonds is 6. The number of carbonyl (C=O) groups is 2. The van der Waals surface area contributed by atoms with Gasteiger partial charge >= 0.3 is 0 Å². The molecule has 0 bridgehead atoms. The smallest absolute Gasteiger partial charge is 0.211 e. The standard InChI is InChI=1S/C28H23NO2/c1-19-6-3-4-8-25(19)27(29-18-30)16-20(2)21-10-12-22(13-11-21)24-15-14-23-7-5-9-28(31)26(23)17-24/h3-6,8-18H,2,7H2,1H3,(H,29,30)/b27-16+. The van der Waals surface area contributed by atoms with Crippen molar-refractivity contribution in [2.24, 2.45) is 0 Å². The van der Waals surface area contributed by atoms with Crippen molar-refractivity contribution in [3.63, 3.8) is 0 Å². The van der Waals surface area contributed by atoms with Gasteiger partial charge in [0.05, 0.1) is 0 Å². The quantitative estimate of drug-likeness (QED) is 0.419. The van der Waals surface area contributed by atoms with Crippen molar-refractivity contribution in [2.75, 3.05) is 0 Å². The largest absolute Gasteiger partial charge is 0.328 e. The molecule has 0 aliphatic heterocycles. The Bertz CT molecular complexity index is 1230. The summed E-state index contributed by atoms with van der Waals surface area (Å²) in [4.78, 5) is 23.3. The summed E-state index contributed by atoms with van der Waals surface area (Å²) in [6, 6.07) is 22.0. The lowest BCUT2D eigenvalue weighted by Crippen LogP contribution is -2.10. The molecule has 1 aliphatic rings. The zero-order valence-electron chi connectivity index (χ0n) is 17.4. The van der Waals surface area contributed by atoms with Gasteiger partial charge in [-0.2, -0.15) is 0 Å². The Morgan fingerprint density at radius 1 is 1.00 bits per heavy atom. The van der Waals surface area contributed by atoms with E-state index in [1.807, 2.05) is 79.7 Å². The third-order valence-corrected chi connectivity index (χ3v) is 5.54. The van der Waals surface area contributed by atoms with Crippen LogP contribution in [0.3, 0.4) is 0 Å². The monoisotopic (exact) mass is 405 g/mol. The van der Waals surface area contributed by atoms with Crippen LogP contribution in [0.2, 0.25) is 0 Å². The molecule has 3 nitrogen and oxygen atoms in total. The molecule has 0 saturated heterocycles. The number of aryl methyl sites for hydroxylation is 1. The number of allylic oxidation sites excluding steroid dienone is 4. The number of hydrogen-bond acceptors (Lipinski definition) is 2. The zero-order chi connectivity index (χ0) is 21.8. The topological polar surface area (TPSA) is 46.2 Å². The fourth-order valence-corrected chi connectivity index (χ4v) is 3.82. The number of fused-ring (bicyclic) bond motifs is 1. The molecule has 0 saturated carbocycles. The molecule has 0 fully saturated rings. The van der Waals surface area contributed by atoms with Crippen molar-refractivity contribution >= 4 is 23.5 Å². The van der Waals surface area contributed by atoms with E-state index >= 15 is 0 Å². The summed E-state index contributed by atoms with van der Waals surface area (Å²) in [6.07, 6.45) is 6.91. The maximum absolute atomic E-state index is 12.2. The van der Waals surface area contributed by atoms with E-state index in [0.717, 1.165) is 50.9 Å². The minimum absolute atomic E-state index is 0.0599. The van der Waals surface area contributed by atoms with Gasteiger partial charge < -0.3 is 5.32 Å². The summed E-state index contributed by atoms with van der Waals surface area (Å²) >= 11 is 0. The molecule has 0 heterocycles. The number of nitrogens with one attached hydrogen (secondary N) is 1. The van der Waals surface area contributed by atoms with Gasteiger partial charge in [-0.25, -0.2) is 0 Å². The molecule has 4 rings (SSSR count). The minimum Gasteiger partial charge on any atom is -0.328 e. The van der Waals surface area contributed by atoms with E-state index in [9.17, 15) is 9.59 Å². The van der Waals surface area contributed by atoms with E-state index < -0.39 is 0 Å². The summed E-state index contributed by atoms with van der Waals surface area (Å²) in [6.45, 7) is 6.19. The Hall–Kier alpha value is -3.98. The lowest BCUT2D eigenvalue weighted by Gasteiger charge is -2.13. The van der Waals surface area contributed by atoms with E-state index in [2.05, 4.69) is 18.0 Å². The molecule has 0 spiro atoms. The molecule has 1 aliphatic carbocycles. The van der Waals surface area contributed by atoms with E-state index in [1.54, 1.807) is 6.08 Å². The van der Waals surface area contributed by atoms with Crippen LogP contribution in [0, 0.1) is 6.92 Å². The van der Waals surface area contributed by atoms with Crippen LogP contribution in [-0.4, -0.2) is 12.2 Å². The molecule has 152 valence electrons. The summed E-state index contributed by atoms with van der Waals surface area (Å²) in [5.74, 6) is 0.0599. The van der Waals surface area contributed by atoms with E-state index in [1.165, 1.54) is 0 Å². The van der Waals surface area contributed by atoms with Crippen molar-refractivity contribution < 1.29 is 9.59 Å². The average molecular weight is 405 g/mol. The van der Waals surface area contributed by atoms with E-state index in [-0.39, 0.29) is 5.78 Å². The second kappa shape index (κ2) is 8.80. The van der Waals surface area contributed by atoms with Crippen molar-refractivity contribution in [2.45, 2.75) is 13.3 Å². The van der Waals surface area contributed by atoms with E-state index in [4.69, 9.17) is 0 Å². The van der Waals surface area contributed by atoms with Crippen LogP contribution in [0.1, 0.15) is 32.6 Å². The maximum Gasteiger partial charge on any atom is 0.211 e. The fraction of sp³-hybridized carbons (Fsp3) is 0.0714. The summed E-state index contributed by atoms with van der Waals surface area (Å²) < 4.78 is 0. The normalized spacial score (nSPS) is 12.9. The predicted molar refractivity (Wildman–Crippen MR) is 126 cm³/mol. The lowest BCUT2D eigenvalue weighted by molar-refractivity contribution is -0.108. The highest BCUT2D eigenvalue weighted by Crippen LogP contribution is 2.28. The van der Waals surface area contributed by atoms with Crippen LogP contribution < -0.4 is 5.32 Å². The molecule has 1 N–H and O–H groups in total. The number of amides is 1. The van der Waals surface area contributed by atoms with Crippen molar-refractivity contribution in [1.29, 1.82) is 0 Å². The van der Waals surface area contributed by atoms with Crippen LogP contribution in [0.25, 0.3) is 22.4 Å². The predicted octanol–water partition coefficient (Wildman–Crippen LogP) is 5.76. The van der Waals surface area contributed by atoms with Gasteiger partial charge in [0.15, 0.2) is 5.78 Å². The van der Waals surface area contributed by atoms with Gasteiger partial charge in [0.25, 0.3) is 0 Å². The summed E-state index contributed by atoms with van der Waals surface area (Å²) in [7, 11) is 0. The minimum atomic E-state index is 0.0599. The highest BCUT2D eigenvalue weighted by atomic mass is 16.1. The third-order valence-electron chi connectivity index (χ3n) is 5.54. The zero-order valence-corrected chi connectivity index (χ0v) is 17.4. The molecule has 0 radical (unpaired) electrons. The Morgan fingerprint density at radius 3 is 2.48 bits per heavy atom. The van der Waals surface area contributed by atoms with Gasteiger partial charge in [-0.15, -0.1) is 0 Å². The first-order valence-electron chi connectivity index (χ1n) is 10.2. The van der Waals surface area contributed by atoms with Gasteiger partial charge in [0.2, 0.25) is 6.41 Å². The lowest BCUT2D eigenvalue weighted by atomic mass is 9.91. The molecule has 0 atom stereocenters. The Balaban J connectivity index is 1.61. The van der Waals surface area contributed by atoms with Crippen LogP contribution in [-0.2, 0) is 11.2 Å². The number of ketones is 1. The fourth-order valence-electron chi connectivity index (χ4n) is 3.82. The molecule has 0 aromatic heterocycles. The first-order valence-corrected chi connectivity index (χ1v) is 10.2. The van der Waals surface area contributed by atoms with Crippen LogP contribution >= 0.6 is 0 Å². The van der Waals surface area contributed by atoms with Gasteiger partial charge in [-0.3, -0.25) is 9.59 Å². The van der Waals surface area contributed by atoms with Gasteiger partial charge in [0.1, 0.15) is 0 Å². The van der Waals surface area contributed by atoms with Crippen molar-refractivity contribution in [3.05, 3.63) is 119 Å². The van der Waals surface area contributed by atoms with Crippen LogP contribution in [0.15, 0.2) is 91.5 Å². The molecule has 0 unspecified atom stereocenters. The van der Waals surface area contributed by atoms with Crippen LogP contribution in [0.5, 0.6) is 0 Å². The molecule has 3 aromatic rings. The highest BCUT2D eigenvalue weighted by Gasteiger charge is 2.13. The molecular weight excluding hydrogens is 382 g/mol. The Morgan fingerprint density at radius 2 is 1.74 bits per heavy atom. The van der Waals surface area contributed by atoms with Crippen molar-refractivity contribution in [1.82, 2.24) is 5.32 Å². The number of hydrogen-bond donors (Lipinski definition) is 1. The first-order chi connectivity index (χ1) is 15.1. The van der Waals surface area contributed by atoms with Gasteiger partial charge in [0, 0.05) is 16.8 Å². The van der Waals surface area contributed by atoms with Gasteiger partial charge in [-0.1, -0.05) is 73.3 Å². The van der Waals surface area contributed by atoms with Crippen LogP contribution in [0.4, 0.5) is 0 Å². The Kier molecular flexibility index (Phi) is 5.76. The number of benzene rings is 3. The average Bonchev–Trinajstić information content (AvgIpc) is 2.79. The van der Waals surface area contributed by atoms with Crippen molar-refractivity contribution in [3.8, 4) is 11.1 Å². The highest BCUT2D eigenvalue weighted by molar-refractivity contribution is 6.07. The second-order valence-electron chi connectivity index (χ2n) is 7.58. The SMILES string of the molecule is C=C(/C=C(/NC=O)c1ccccc1C)c1ccc(-c2ccc3c(c2)C(=O)C=CC3)cc1.